The molecule has 4 rings (SSSR count). The molecule has 0 bridgehead atoms. The molecular formula is C22H21BrN6O3. The highest BCUT2D eigenvalue weighted by Gasteiger charge is 2.11. The lowest BCUT2D eigenvalue weighted by molar-refractivity contribution is 0.183. The van der Waals surface area contributed by atoms with Gasteiger partial charge in [-0.2, -0.15) is 5.10 Å². The Hall–Kier alpha value is -3.66. The highest BCUT2D eigenvalue weighted by molar-refractivity contribution is 9.10. The first-order valence-corrected chi connectivity index (χ1v) is 10.6. The van der Waals surface area contributed by atoms with Crippen LogP contribution in [-0.4, -0.2) is 43.6 Å². The summed E-state index contributed by atoms with van der Waals surface area (Å²) in [6, 6.07) is 11.1. The summed E-state index contributed by atoms with van der Waals surface area (Å²) in [5.74, 6) is 1.03. The van der Waals surface area contributed by atoms with Gasteiger partial charge in [0.25, 0.3) is 0 Å². The molecule has 1 amide bonds. The molecule has 164 valence electrons. The number of hydrogen-bond donors (Lipinski definition) is 3. The largest absolute Gasteiger partial charge is 0.491 e. The van der Waals surface area contributed by atoms with Crippen LogP contribution in [-0.2, 0) is 7.05 Å². The SMILES string of the molecule is CC(COc1cc(Nc2ncc3cc(Br)ccc3n2)cc(-c2cnn(C)c2)c1)NC(=O)O. The van der Waals surface area contributed by atoms with Crippen molar-refractivity contribution in [3.8, 4) is 16.9 Å². The van der Waals surface area contributed by atoms with Gasteiger partial charge in [-0.1, -0.05) is 15.9 Å². The molecule has 0 aliphatic carbocycles. The van der Waals surface area contributed by atoms with E-state index >= 15 is 0 Å². The van der Waals surface area contributed by atoms with Gasteiger partial charge in [0.1, 0.15) is 12.4 Å². The topological polar surface area (TPSA) is 114 Å². The molecule has 2 heterocycles. The Kier molecular flexibility index (Phi) is 6.22. The molecule has 10 heteroatoms. The zero-order valence-electron chi connectivity index (χ0n) is 17.4. The van der Waals surface area contributed by atoms with Crippen molar-refractivity contribution in [3.05, 3.63) is 59.5 Å². The number of rotatable bonds is 7. The van der Waals surface area contributed by atoms with Crippen molar-refractivity contribution in [2.45, 2.75) is 13.0 Å². The van der Waals surface area contributed by atoms with Crippen LogP contribution >= 0.6 is 15.9 Å². The molecule has 0 fully saturated rings. The Morgan fingerprint density at radius 1 is 1.22 bits per heavy atom. The van der Waals surface area contributed by atoms with Crippen LogP contribution in [0.2, 0.25) is 0 Å². The number of aromatic nitrogens is 4. The second kappa shape index (κ2) is 9.23. The Morgan fingerprint density at radius 3 is 2.81 bits per heavy atom. The standard InChI is InChI=1S/C22H21BrN6O3/c1-13(26-22(30)31)12-32-19-7-14(16-10-25-29(2)11-16)6-18(8-19)27-21-24-9-15-5-17(23)3-4-20(15)28-21/h3-11,13,26H,12H2,1-2H3,(H,30,31)(H,24,27,28). The predicted molar refractivity (Wildman–Crippen MR) is 125 cm³/mol. The van der Waals surface area contributed by atoms with Crippen molar-refractivity contribution in [1.29, 1.82) is 0 Å². The average molecular weight is 497 g/mol. The molecule has 2 aromatic heterocycles. The summed E-state index contributed by atoms with van der Waals surface area (Å²) < 4.78 is 8.55. The van der Waals surface area contributed by atoms with E-state index in [2.05, 4.69) is 41.6 Å². The third-order valence-electron chi connectivity index (χ3n) is 4.61. The van der Waals surface area contributed by atoms with Crippen molar-refractivity contribution < 1.29 is 14.6 Å². The second-order valence-electron chi connectivity index (χ2n) is 7.33. The van der Waals surface area contributed by atoms with E-state index in [0.29, 0.717) is 11.7 Å². The van der Waals surface area contributed by atoms with Crippen LogP contribution in [0.5, 0.6) is 5.75 Å². The van der Waals surface area contributed by atoms with Gasteiger partial charge in [-0.3, -0.25) is 4.68 Å². The van der Waals surface area contributed by atoms with Gasteiger partial charge < -0.3 is 20.5 Å². The number of nitrogens with zero attached hydrogens (tertiary/aromatic N) is 4. The molecule has 32 heavy (non-hydrogen) atoms. The highest BCUT2D eigenvalue weighted by Crippen LogP contribution is 2.30. The van der Waals surface area contributed by atoms with Crippen molar-refractivity contribution in [1.82, 2.24) is 25.1 Å². The lowest BCUT2D eigenvalue weighted by Crippen LogP contribution is -2.35. The normalized spacial score (nSPS) is 11.8. The average Bonchev–Trinajstić information content (AvgIpc) is 3.18. The summed E-state index contributed by atoms with van der Waals surface area (Å²) in [5.41, 5.74) is 3.36. The number of fused-ring (bicyclic) bond motifs is 1. The Bertz CT molecular complexity index is 1280. The summed E-state index contributed by atoms with van der Waals surface area (Å²) in [6.07, 6.45) is 4.34. The van der Waals surface area contributed by atoms with E-state index in [0.717, 1.165) is 32.2 Å². The molecule has 3 N–H and O–H groups in total. The first-order chi connectivity index (χ1) is 15.4. The number of hydrogen-bond acceptors (Lipinski definition) is 6. The van der Waals surface area contributed by atoms with Crippen LogP contribution < -0.4 is 15.4 Å². The van der Waals surface area contributed by atoms with Gasteiger partial charge in [-0.25, -0.2) is 14.8 Å². The summed E-state index contributed by atoms with van der Waals surface area (Å²) in [6.45, 7) is 1.92. The molecular weight excluding hydrogens is 476 g/mol. The highest BCUT2D eigenvalue weighted by atomic mass is 79.9. The molecule has 0 saturated carbocycles. The first kappa shape index (κ1) is 21.6. The molecule has 0 aliphatic heterocycles. The van der Waals surface area contributed by atoms with Crippen LogP contribution in [0.25, 0.3) is 22.0 Å². The quantitative estimate of drug-likeness (QED) is 0.343. The zero-order valence-corrected chi connectivity index (χ0v) is 19.0. The molecule has 0 aliphatic rings. The molecule has 1 unspecified atom stereocenters. The third kappa shape index (κ3) is 5.33. The van der Waals surface area contributed by atoms with Crippen molar-refractivity contribution in [2.75, 3.05) is 11.9 Å². The van der Waals surface area contributed by atoms with E-state index < -0.39 is 6.09 Å². The molecule has 0 radical (unpaired) electrons. The number of aryl methyl sites for hydroxylation is 1. The molecule has 1 atom stereocenters. The number of nitrogens with one attached hydrogen (secondary N) is 2. The number of benzene rings is 2. The lowest BCUT2D eigenvalue weighted by Gasteiger charge is -2.15. The predicted octanol–water partition coefficient (Wildman–Crippen LogP) is 4.57. The maximum absolute atomic E-state index is 10.8. The Morgan fingerprint density at radius 2 is 2.06 bits per heavy atom. The van der Waals surface area contributed by atoms with Crippen LogP contribution in [0.4, 0.5) is 16.4 Å². The van der Waals surface area contributed by atoms with Gasteiger partial charge in [0.05, 0.1) is 17.8 Å². The minimum absolute atomic E-state index is 0.184. The fourth-order valence-corrected chi connectivity index (χ4v) is 3.54. The van der Waals surface area contributed by atoms with Crippen LogP contribution in [0, 0.1) is 0 Å². The zero-order chi connectivity index (χ0) is 22.7. The molecule has 9 nitrogen and oxygen atoms in total. The number of anilines is 2. The number of carboxylic acid groups (broad SMARTS) is 1. The summed E-state index contributed by atoms with van der Waals surface area (Å²) in [4.78, 5) is 19.8. The smallest absolute Gasteiger partial charge is 0.404 e. The number of amides is 1. The Labute approximate surface area is 192 Å². The molecule has 4 aromatic rings. The van der Waals surface area contributed by atoms with Crippen LogP contribution in [0.15, 0.2) is 59.5 Å². The van der Waals surface area contributed by atoms with Gasteiger partial charge in [-0.05, 0) is 42.8 Å². The number of halogens is 1. The maximum Gasteiger partial charge on any atom is 0.404 e. The van der Waals surface area contributed by atoms with E-state index in [1.54, 1.807) is 24.0 Å². The van der Waals surface area contributed by atoms with E-state index in [4.69, 9.17) is 9.84 Å². The molecule has 2 aromatic carbocycles. The van der Waals surface area contributed by atoms with Crippen LogP contribution in [0.3, 0.4) is 0 Å². The second-order valence-corrected chi connectivity index (χ2v) is 8.25. The van der Waals surface area contributed by atoms with Crippen molar-refractivity contribution in [3.63, 3.8) is 0 Å². The fourth-order valence-electron chi connectivity index (χ4n) is 3.16. The number of ether oxygens (including phenoxy) is 1. The monoisotopic (exact) mass is 496 g/mol. The maximum atomic E-state index is 10.8. The van der Waals surface area contributed by atoms with Crippen LogP contribution in [0.1, 0.15) is 6.92 Å². The minimum atomic E-state index is -1.09. The fraction of sp³-hybridized carbons (Fsp3) is 0.182. The summed E-state index contributed by atoms with van der Waals surface area (Å²) in [5, 5.41) is 19.7. The molecule has 0 spiro atoms. The van der Waals surface area contributed by atoms with E-state index in [1.807, 2.05) is 49.6 Å². The number of carbonyl (C=O) groups is 1. The van der Waals surface area contributed by atoms with Gasteiger partial charge in [0.15, 0.2) is 0 Å². The summed E-state index contributed by atoms with van der Waals surface area (Å²) in [7, 11) is 1.85. The lowest BCUT2D eigenvalue weighted by atomic mass is 10.1. The van der Waals surface area contributed by atoms with Gasteiger partial charge in [0.2, 0.25) is 5.95 Å². The van der Waals surface area contributed by atoms with E-state index in [9.17, 15) is 4.79 Å². The first-order valence-electron chi connectivity index (χ1n) is 9.81. The van der Waals surface area contributed by atoms with E-state index in [-0.39, 0.29) is 12.6 Å². The van der Waals surface area contributed by atoms with Gasteiger partial charge >= 0.3 is 6.09 Å². The van der Waals surface area contributed by atoms with Crippen molar-refractivity contribution in [2.24, 2.45) is 7.05 Å². The Balaban J connectivity index is 1.62. The van der Waals surface area contributed by atoms with Gasteiger partial charge in [-0.15, -0.1) is 0 Å². The summed E-state index contributed by atoms with van der Waals surface area (Å²) >= 11 is 3.45. The van der Waals surface area contributed by atoms with Crippen molar-refractivity contribution >= 4 is 44.6 Å². The minimum Gasteiger partial charge on any atom is -0.491 e. The van der Waals surface area contributed by atoms with Gasteiger partial charge in [0, 0.05) is 46.6 Å². The third-order valence-corrected chi connectivity index (χ3v) is 5.11. The van der Waals surface area contributed by atoms with E-state index in [1.165, 1.54) is 0 Å². The molecule has 0 saturated heterocycles.